The molecule has 0 aliphatic carbocycles. The van der Waals surface area contributed by atoms with Crippen LogP contribution in [0.2, 0.25) is 5.02 Å². The average Bonchev–Trinajstić information content (AvgIpc) is 2.80. The summed E-state index contributed by atoms with van der Waals surface area (Å²) in [6.07, 6.45) is 2.92. The van der Waals surface area contributed by atoms with Crippen LogP contribution in [0.25, 0.3) is 10.9 Å². The molecular formula is C23H24ClN3O5S. The van der Waals surface area contributed by atoms with Gasteiger partial charge < -0.3 is 15.2 Å². The number of halogens is 1. The van der Waals surface area contributed by atoms with Gasteiger partial charge in [-0.3, -0.25) is 4.98 Å². The molecule has 0 radical (unpaired) electrons. The van der Waals surface area contributed by atoms with Gasteiger partial charge in [-0.1, -0.05) is 31.0 Å². The Morgan fingerprint density at radius 3 is 2.67 bits per heavy atom. The van der Waals surface area contributed by atoms with Crippen molar-refractivity contribution < 1.29 is 23.1 Å². The van der Waals surface area contributed by atoms with Gasteiger partial charge >= 0.3 is 5.97 Å². The molecule has 174 valence electrons. The van der Waals surface area contributed by atoms with Gasteiger partial charge in [0.1, 0.15) is 4.90 Å². The number of anilines is 2. The number of hydrogen-bond acceptors (Lipinski definition) is 6. The van der Waals surface area contributed by atoms with Gasteiger partial charge in [-0.15, -0.1) is 0 Å². The van der Waals surface area contributed by atoms with Crippen LogP contribution in [0.1, 0.15) is 29.3 Å². The van der Waals surface area contributed by atoms with E-state index in [0.717, 1.165) is 18.4 Å². The number of ether oxygens (including phenoxy) is 1. The lowest BCUT2D eigenvalue weighted by atomic mass is 10.0. The molecule has 0 amide bonds. The highest BCUT2D eigenvalue weighted by Crippen LogP contribution is 2.36. The SMILES string of the molecule is CCCc1ccc(Nc2c(S(=O)(=O)N3CCOCC3)cnc3ccc(Cl)cc23)c(C(=O)O)c1. The van der Waals surface area contributed by atoms with Crippen molar-refractivity contribution in [3.05, 3.63) is 58.7 Å². The number of morpholine rings is 1. The van der Waals surface area contributed by atoms with Crippen molar-refractivity contribution >= 4 is 49.9 Å². The van der Waals surface area contributed by atoms with Crippen molar-refractivity contribution in [2.24, 2.45) is 0 Å². The highest BCUT2D eigenvalue weighted by molar-refractivity contribution is 7.89. The fourth-order valence-corrected chi connectivity index (χ4v) is 5.54. The minimum atomic E-state index is -3.93. The van der Waals surface area contributed by atoms with Gasteiger partial charge in [0, 0.05) is 29.7 Å². The summed E-state index contributed by atoms with van der Waals surface area (Å²) in [5.74, 6) is -1.11. The number of carboxylic acid groups (broad SMARTS) is 1. The topological polar surface area (TPSA) is 109 Å². The number of nitrogens with one attached hydrogen (secondary N) is 1. The number of carbonyl (C=O) groups is 1. The molecule has 1 aliphatic heterocycles. The van der Waals surface area contributed by atoms with Gasteiger partial charge in [-0.25, -0.2) is 13.2 Å². The van der Waals surface area contributed by atoms with Gasteiger partial charge in [0.05, 0.1) is 35.7 Å². The maximum Gasteiger partial charge on any atom is 0.337 e. The largest absolute Gasteiger partial charge is 0.478 e. The van der Waals surface area contributed by atoms with Gasteiger partial charge in [0.2, 0.25) is 10.0 Å². The molecule has 2 aromatic carbocycles. The third-order valence-corrected chi connectivity index (χ3v) is 7.64. The summed E-state index contributed by atoms with van der Waals surface area (Å²) in [5, 5.41) is 13.8. The Morgan fingerprint density at radius 1 is 1.21 bits per heavy atom. The van der Waals surface area contributed by atoms with Gasteiger partial charge in [-0.2, -0.15) is 4.31 Å². The van der Waals surface area contributed by atoms with Crippen LogP contribution >= 0.6 is 11.6 Å². The third kappa shape index (κ3) is 4.81. The smallest absolute Gasteiger partial charge is 0.337 e. The molecule has 33 heavy (non-hydrogen) atoms. The Kier molecular flexibility index (Phi) is 6.85. The number of fused-ring (bicyclic) bond motifs is 1. The molecule has 2 N–H and O–H groups in total. The Balaban J connectivity index is 1.90. The van der Waals surface area contributed by atoms with E-state index in [2.05, 4.69) is 10.3 Å². The molecule has 1 fully saturated rings. The zero-order valence-corrected chi connectivity index (χ0v) is 19.6. The quantitative estimate of drug-likeness (QED) is 0.509. The second kappa shape index (κ2) is 9.64. The molecule has 10 heteroatoms. The van der Waals surface area contributed by atoms with E-state index in [0.29, 0.717) is 29.1 Å². The Bertz CT molecular complexity index is 1310. The van der Waals surface area contributed by atoms with E-state index in [9.17, 15) is 18.3 Å². The molecule has 1 aliphatic rings. The summed E-state index contributed by atoms with van der Waals surface area (Å²) in [4.78, 5) is 16.3. The summed E-state index contributed by atoms with van der Waals surface area (Å²) < 4.78 is 33.7. The Morgan fingerprint density at radius 2 is 1.97 bits per heavy atom. The summed E-state index contributed by atoms with van der Waals surface area (Å²) in [6, 6.07) is 10.1. The first kappa shape index (κ1) is 23.4. The number of carboxylic acids is 1. The number of aromatic nitrogens is 1. The molecule has 0 bridgehead atoms. The number of rotatable bonds is 7. The minimum Gasteiger partial charge on any atom is -0.478 e. The highest BCUT2D eigenvalue weighted by Gasteiger charge is 2.30. The zero-order valence-electron chi connectivity index (χ0n) is 18.0. The van der Waals surface area contributed by atoms with E-state index in [1.807, 2.05) is 13.0 Å². The zero-order chi connectivity index (χ0) is 23.6. The fraction of sp³-hybridized carbons (Fsp3) is 0.304. The summed E-state index contributed by atoms with van der Waals surface area (Å²) in [7, 11) is -3.93. The second-order valence-electron chi connectivity index (χ2n) is 7.74. The van der Waals surface area contributed by atoms with Crippen LogP contribution in [0, 0.1) is 0 Å². The van der Waals surface area contributed by atoms with E-state index in [4.69, 9.17) is 16.3 Å². The van der Waals surface area contributed by atoms with Crippen molar-refractivity contribution in [2.45, 2.75) is 24.7 Å². The normalized spacial score (nSPS) is 15.0. The molecular weight excluding hydrogens is 466 g/mol. The Labute approximate surface area is 197 Å². The molecule has 0 saturated carbocycles. The van der Waals surface area contributed by atoms with Crippen LogP contribution in [-0.2, 0) is 21.2 Å². The second-order valence-corrected chi connectivity index (χ2v) is 10.1. The monoisotopic (exact) mass is 489 g/mol. The maximum atomic E-state index is 13.5. The number of sulfonamides is 1. The van der Waals surface area contributed by atoms with Crippen molar-refractivity contribution in [2.75, 3.05) is 31.6 Å². The van der Waals surface area contributed by atoms with E-state index in [1.165, 1.54) is 10.5 Å². The molecule has 2 heterocycles. The first-order valence-corrected chi connectivity index (χ1v) is 12.4. The molecule has 8 nitrogen and oxygen atoms in total. The van der Waals surface area contributed by atoms with Crippen LogP contribution in [0.5, 0.6) is 0 Å². The number of benzene rings is 2. The van der Waals surface area contributed by atoms with Crippen LogP contribution in [0.3, 0.4) is 0 Å². The number of pyridine rings is 1. The first-order valence-electron chi connectivity index (χ1n) is 10.6. The van der Waals surface area contributed by atoms with E-state index in [-0.39, 0.29) is 34.9 Å². The predicted molar refractivity (Wildman–Crippen MR) is 127 cm³/mol. The van der Waals surface area contributed by atoms with Crippen LogP contribution < -0.4 is 5.32 Å². The van der Waals surface area contributed by atoms with E-state index >= 15 is 0 Å². The van der Waals surface area contributed by atoms with Gasteiger partial charge in [0.25, 0.3) is 0 Å². The molecule has 3 aromatic rings. The Hall–Kier alpha value is -2.72. The predicted octanol–water partition coefficient (Wildman–Crippen LogP) is 4.30. The van der Waals surface area contributed by atoms with Crippen LogP contribution in [0.15, 0.2) is 47.5 Å². The van der Waals surface area contributed by atoms with Crippen molar-refractivity contribution in [1.29, 1.82) is 0 Å². The number of aromatic carboxylic acids is 1. The van der Waals surface area contributed by atoms with E-state index < -0.39 is 16.0 Å². The fourth-order valence-electron chi connectivity index (χ4n) is 3.85. The number of aryl methyl sites for hydroxylation is 1. The summed E-state index contributed by atoms with van der Waals surface area (Å²) in [5.41, 5.74) is 2.00. The summed E-state index contributed by atoms with van der Waals surface area (Å²) in [6.45, 7) is 3.07. The first-order chi connectivity index (χ1) is 15.8. The number of nitrogens with zero attached hydrogens (tertiary/aromatic N) is 2. The standard InChI is InChI=1S/C23H24ClN3O5S/c1-2-3-15-4-6-20(18(12-15)23(28)29)26-22-17-13-16(24)5-7-19(17)25-14-21(22)33(30,31)27-8-10-32-11-9-27/h4-7,12-14H,2-3,8-11H2,1H3,(H,25,26)(H,28,29). The molecule has 0 unspecified atom stereocenters. The van der Waals surface area contributed by atoms with Gasteiger partial charge in [-0.05, 0) is 42.3 Å². The van der Waals surface area contributed by atoms with Crippen LogP contribution in [-0.4, -0.2) is 55.1 Å². The maximum absolute atomic E-state index is 13.5. The summed E-state index contributed by atoms with van der Waals surface area (Å²) >= 11 is 6.22. The van der Waals surface area contributed by atoms with Gasteiger partial charge in [0.15, 0.2) is 0 Å². The van der Waals surface area contributed by atoms with E-state index in [1.54, 1.807) is 30.3 Å². The highest BCUT2D eigenvalue weighted by atomic mass is 35.5. The van der Waals surface area contributed by atoms with Crippen LogP contribution in [0.4, 0.5) is 11.4 Å². The van der Waals surface area contributed by atoms with Crippen molar-refractivity contribution in [3.63, 3.8) is 0 Å². The lowest BCUT2D eigenvalue weighted by Gasteiger charge is -2.27. The van der Waals surface area contributed by atoms with Crippen molar-refractivity contribution in [3.8, 4) is 0 Å². The lowest BCUT2D eigenvalue weighted by Crippen LogP contribution is -2.40. The molecule has 4 rings (SSSR count). The molecule has 1 saturated heterocycles. The lowest BCUT2D eigenvalue weighted by molar-refractivity contribution is 0.0697. The minimum absolute atomic E-state index is 0.0480. The molecule has 0 spiro atoms. The third-order valence-electron chi connectivity index (χ3n) is 5.50. The molecule has 0 atom stereocenters. The number of hydrogen-bond donors (Lipinski definition) is 2. The molecule has 1 aromatic heterocycles. The average molecular weight is 490 g/mol. The van der Waals surface area contributed by atoms with Crippen molar-refractivity contribution in [1.82, 2.24) is 9.29 Å².